The lowest BCUT2D eigenvalue weighted by Gasteiger charge is -2.22. The number of carbonyl (C=O) groups is 2. The molecule has 0 aliphatic carbocycles. The SMILES string of the molecule is Cc1cc(C(C)(C)C)cc(C)c1CCNC(=O)COC(=O)c1ccccc1[S@@](C)=O. The average molecular weight is 430 g/mol. The molecule has 0 unspecified atom stereocenters. The average Bonchev–Trinajstić information content (AvgIpc) is 2.67. The maximum absolute atomic E-state index is 12.2. The molecular formula is C24H31NO4S. The van der Waals surface area contributed by atoms with Gasteiger partial charge >= 0.3 is 5.97 Å². The van der Waals surface area contributed by atoms with Gasteiger partial charge in [0.1, 0.15) is 0 Å². The van der Waals surface area contributed by atoms with Crippen molar-refractivity contribution in [1.29, 1.82) is 0 Å². The van der Waals surface area contributed by atoms with Crippen LogP contribution in [0.2, 0.25) is 0 Å². The van der Waals surface area contributed by atoms with Crippen LogP contribution in [0.4, 0.5) is 0 Å². The summed E-state index contributed by atoms with van der Waals surface area (Å²) in [6, 6.07) is 11.0. The predicted octanol–water partition coefficient (Wildman–Crippen LogP) is 3.85. The zero-order chi connectivity index (χ0) is 22.5. The summed E-state index contributed by atoms with van der Waals surface area (Å²) in [5.41, 5.74) is 5.26. The van der Waals surface area contributed by atoms with Crippen molar-refractivity contribution in [3.8, 4) is 0 Å². The highest BCUT2D eigenvalue weighted by atomic mass is 32.2. The van der Waals surface area contributed by atoms with Gasteiger partial charge in [-0.25, -0.2) is 4.79 Å². The number of hydrogen-bond donors (Lipinski definition) is 1. The molecule has 0 saturated heterocycles. The van der Waals surface area contributed by atoms with E-state index in [1.165, 1.54) is 28.5 Å². The highest BCUT2D eigenvalue weighted by Crippen LogP contribution is 2.27. The summed E-state index contributed by atoms with van der Waals surface area (Å²) in [7, 11) is -1.31. The van der Waals surface area contributed by atoms with Gasteiger partial charge in [-0.15, -0.1) is 0 Å². The topological polar surface area (TPSA) is 72.5 Å². The Labute approximate surface area is 181 Å². The van der Waals surface area contributed by atoms with Crippen LogP contribution in [0.1, 0.15) is 53.4 Å². The van der Waals surface area contributed by atoms with Crippen molar-refractivity contribution in [2.45, 2.75) is 51.3 Å². The highest BCUT2D eigenvalue weighted by Gasteiger charge is 2.17. The van der Waals surface area contributed by atoms with Gasteiger partial charge in [-0.2, -0.15) is 0 Å². The van der Waals surface area contributed by atoms with E-state index in [1.807, 2.05) is 0 Å². The summed E-state index contributed by atoms with van der Waals surface area (Å²) in [6.45, 7) is 10.9. The van der Waals surface area contributed by atoms with E-state index in [0.717, 1.165) is 0 Å². The first-order valence-corrected chi connectivity index (χ1v) is 11.5. The molecule has 0 saturated carbocycles. The van der Waals surface area contributed by atoms with Crippen molar-refractivity contribution in [3.63, 3.8) is 0 Å². The van der Waals surface area contributed by atoms with E-state index in [4.69, 9.17) is 4.74 Å². The van der Waals surface area contributed by atoms with Crippen molar-refractivity contribution >= 4 is 22.7 Å². The van der Waals surface area contributed by atoms with E-state index in [2.05, 4.69) is 52.1 Å². The lowest BCUT2D eigenvalue weighted by atomic mass is 9.83. The summed E-state index contributed by atoms with van der Waals surface area (Å²) in [5, 5.41) is 2.80. The summed E-state index contributed by atoms with van der Waals surface area (Å²) in [4.78, 5) is 24.7. The quantitative estimate of drug-likeness (QED) is 0.679. The Morgan fingerprint density at radius 3 is 2.23 bits per heavy atom. The molecule has 0 radical (unpaired) electrons. The van der Waals surface area contributed by atoms with Gasteiger partial charge in [-0.1, -0.05) is 45.0 Å². The van der Waals surface area contributed by atoms with Gasteiger partial charge in [0.2, 0.25) is 0 Å². The number of hydrogen-bond acceptors (Lipinski definition) is 4. The molecule has 1 amide bonds. The van der Waals surface area contributed by atoms with E-state index in [-0.39, 0.29) is 23.5 Å². The zero-order valence-corrected chi connectivity index (χ0v) is 19.4. The van der Waals surface area contributed by atoms with Gasteiger partial charge in [-0.3, -0.25) is 9.00 Å². The summed E-state index contributed by atoms with van der Waals surface area (Å²) < 4.78 is 16.8. The Balaban J connectivity index is 1.89. The fraction of sp³-hybridized carbons (Fsp3) is 0.417. The molecule has 162 valence electrons. The number of benzene rings is 2. The molecule has 2 rings (SSSR count). The van der Waals surface area contributed by atoms with Crippen LogP contribution < -0.4 is 5.32 Å². The Hall–Kier alpha value is -2.47. The van der Waals surface area contributed by atoms with E-state index in [0.29, 0.717) is 17.9 Å². The maximum Gasteiger partial charge on any atom is 0.339 e. The maximum atomic E-state index is 12.2. The van der Waals surface area contributed by atoms with Gasteiger partial charge < -0.3 is 10.1 Å². The molecule has 0 aliphatic rings. The molecule has 1 N–H and O–H groups in total. The molecule has 6 heteroatoms. The van der Waals surface area contributed by atoms with Crippen LogP contribution in [-0.4, -0.2) is 35.5 Å². The van der Waals surface area contributed by atoms with Crippen LogP contribution in [0.3, 0.4) is 0 Å². The lowest BCUT2D eigenvalue weighted by Crippen LogP contribution is -2.30. The second-order valence-electron chi connectivity index (χ2n) is 8.46. The number of amides is 1. The third-order valence-corrected chi connectivity index (χ3v) is 5.99. The third-order valence-electron chi connectivity index (χ3n) is 5.01. The molecule has 5 nitrogen and oxygen atoms in total. The zero-order valence-electron chi connectivity index (χ0n) is 18.6. The molecule has 1 atom stereocenters. The number of nitrogens with one attached hydrogen (secondary N) is 1. The summed E-state index contributed by atoms with van der Waals surface area (Å²) >= 11 is 0. The first kappa shape index (κ1) is 23.8. The minimum Gasteiger partial charge on any atom is -0.452 e. The smallest absolute Gasteiger partial charge is 0.339 e. The number of rotatable bonds is 7. The first-order chi connectivity index (χ1) is 14.0. The molecule has 0 fully saturated rings. The van der Waals surface area contributed by atoms with Crippen LogP contribution >= 0.6 is 0 Å². The molecule has 0 heterocycles. The van der Waals surface area contributed by atoms with Crippen LogP contribution in [-0.2, 0) is 32.2 Å². The minimum absolute atomic E-state index is 0.0924. The fourth-order valence-corrected chi connectivity index (χ4v) is 4.02. The number of ether oxygens (including phenoxy) is 1. The Kier molecular flexibility index (Phi) is 7.96. The monoisotopic (exact) mass is 429 g/mol. The van der Waals surface area contributed by atoms with Gasteiger partial charge in [0.15, 0.2) is 6.61 Å². The number of aryl methyl sites for hydroxylation is 2. The van der Waals surface area contributed by atoms with Crippen molar-refractivity contribution in [2.24, 2.45) is 0 Å². The molecule has 2 aromatic carbocycles. The van der Waals surface area contributed by atoms with E-state index < -0.39 is 16.8 Å². The van der Waals surface area contributed by atoms with Gasteiger partial charge in [0.25, 0.3) is 5.91 Å². The number of esters is 1. The van der Waals surface area contributed by atoms with Crippen LogP contribution in [0.5, 0.6) is 0 Å². The molecular weight excluding hydrogens is 398 g/mol. The highest BCUT2D eigenvalue weighted by molar-refractivity contribution is 7.84. The predicted molar refractivity (Wildman–Crippen MR) is 120 cm³/mol. The van der Waals surface area contributed by atoms with E-state index >= 15 is 0 Å². The largest absolute Gasteiger partial charge is 0.452 e. The minimum atomic E-state index is -1.31. The van der Waals surface area contributed by atoms with E-state index in [1.54, 1.807) is 24.3 Å². The van der Waals surface area contributed by atoms with Gasteiger partial charge in [0.05, 0.1) is 21.3 Å². The van der Waals surface area contributed by atoms with E-state index in [9.17, 15) is 13.8 Å². The number of carbonyl (C=O) groups excluding carboxylic acids is 2. The Morgan fingerprint density at radius 1 is 1.07 bits per heavy atom. The van der Waals surface area contributed by atoms with Gasteiger partial charge in [0, 0.05) is 12.8 Å². The molecule has 2 aromatic rings. The molecule has 0 bridgehead atoms. The molecule has 0 aromatic heterocycles. The van der Waals surface area contributed by atoms with Crippen molar-refractivity contribution in [2.75, 3.05) is 19.4 Å². The summed E-state index contributed by atoms with van der Waals surface area (Å²) in [6.07, 6.45) is 2.20. The standard InChI is InChI=1S/C24H31NO4S/c1-16-13-18(24(3,4)5)14-17(2)19(16)11-12-25-22(26)15-29-23(27)20-9-7-8-10-21(20)30(6)28/h7-10,13-14H,11-12,15H2,1-6H3,(H,25,26)/t30-/m1/s1. The van der Waals surface area contributed by atoms with Crippen molar-refractivity contribution < 1.29 is 18.5 Å². The van der Waals surface area contributed by atoms with Crippen molar-refractivity contribution in [3.05, 3.63) is 64.2 Å². The van der Waals surface area contributed by atoms with Crippen molar-refractivity contribution in [1.82, 2.24) is 5.32 Å². The first-order valence-electron chi connectivity index (χ1n) is 9.97. The molecule has 0 spiro atoms. The normalized spacial score (nSPS) is 12.3. The second kappa shape index (κ2) is 10.0. The van der Waals surface area contributed by atoms with Crippen LogP contribution in [0.15, 0.2) is 41.3 Å². The van der Waals surface area contributed by atoms with Gasteiger partial charge in [-0.05, 0) is 60.1 Å². The van der Waals surface area contributed by atoms with Crippen LogP contribution in [0.25, 0.3) is 0 Å². The Morgan fingerprint density at radius 2 is 1.67 bits per heavy atom. The third kappa shape index (κ3) is 6.26. The fourth-order valence-electron chi connectivity index (χ4n) is 3.29. The van der Waals surface area contributed by atoms with Crippen LogP contribution in [0, 0.1) is 13.8 Å². The summed E-state index contributed by atoms with van der Waals surface area (Å²) in [5.74, 6) is -1.01. The lowest BCUT2D eigenvalue weighted by molar-refractivity contribution is -0.124. The molecule has 30 heavy (non-hydrogen) atoms. The Bertz CT molecular complexity index is 937. The molecule has 0 aliphatic heterocycles. The second-order valence-corrected chi connectivity index (χ2v) is 9.81.